The lowest BCUT2D eigenvalue weighted by Crippen LogP contribution is -2.47. The van der Waals surface area contributed by atoms with Crippen LogP contribution in [0.5, 0.6) is 0 Å². The summed E-state index contributed by atoms with van der Waals surface area (Å²) >= 11 is 0. The number of aryl methyl sites for hydroxylation is 1. The van der Waals surface area contributed by atoms with E-state index >= 15 is 0 Å². The molecule has 2 heterocycles. The number of ether oxygens (including phenoxy) is 1. The molecule has 1 unspecified atom stereocenters. The van der Waals surface area contributed by atoms with Gasteiger partial charge >= 0.3 is 0 Å². The molecule has 8 nitrogen and oxygen atoms in total. The Morgan fingerprint density at radius 1 is 1.13 bits per heavy atom. The van der Waals surface area contributed by atoms with Crippen LogP contribution in [-0.4, -0.2) is 58.1 Å². The first-order valence-electron chi connectivity index (χ1n) is 10.2. The maximum absolute atomic E-state index is 12.4. The van der Waals surface area contributed by atoms with Crippen molar-refractivity contribution < 1.29 is 9.53 Å². The predicted octanol–water partition coefficient (Wildman–Crippen LogP) is 1.20. The topological polar surface area (TPSA) is 89.3 Å². The molecule has 1 fully saturated rings. The number of amides is 1. The molecule has 8 heteroatoms. The fraction of sp³-hybridized carbons (Fsp3) is 0.364. The number of morpholine rings is 1. The molecule has 0 aliphatic carbocycles. The maximum atomic E-state index is 12.4. The molecule has 0 saturated carbocycles. The van der Waals surface area contributed by atoms with E-state index < -0.39 is 0 Å². The molecule has 1 N–H and O–H groups in total. The van der Waals surface area contributed by atoms with Crippen LogP contribution in [0, 0.1) is 0 Å². The van der Waals surface area contributed by atoms with E-state index in [1.165, 1.54) is 10.2 Å². The highest BCUT2D eigenvalue weighted by molar-refractivity contribution is 5.77. The van der Waals surface area contributed by atoms with Gasteiger partial charge in [0.05, 0.1) is 24.6 Å². The van der Waals surface area contributed by atoms with Crippen molar-refractivity contribution in [1.82, 2.24) is 25.2 Å². The Balaban J connectivity index is 1.25. The zero-order chi connectivity index (χ0) is 20.8. The molecular weight excluding hydrogens is 382 g/mol. The summed E-state index contributed by atoms with van der Waals surface area (Å²) in [6.45, 7) is 3.80. The fourth-order valence-corrected chi connectivity index (χ4v) is 3.58. The molecule has 1 amide bonds. The summed E-state index contributed by atoms with van der Waals surface area (Å²) in [5.74, 6) is -0.138. The minimum Gasteiger partial charge on any atom is -0.374 e. The summed E-state index contributed by atoms with van der Waals surface area (Å²) in [7, 11) is 0. The van der Waals surface area contributed by atoms with Crippen molar-refractivity contribution in [1.29, 1.82) is 0 Å². The number of fused-ring (bicyclic) bond motifs is 1. The van der Waals surface area contributed by atoms with Gasteiger partial charge in [-0.3, -0.25) is 14.5 Å². The van der Waals surface area contributed by atoms with Crippen LogP contribution in [0.25, 0.3) is 10.9 Å². The molecule has 1 saturated heterocycles. The maximum Gasteiger partial charge on any atom is 0.277 e. The summed E-state index contributed by atoms with van der Waals surface area (Å²) in [5.41, 5.74) is 1.59. The van der Waals surface area contributed by atoms with E-state index in [1.807, 2.05) is 24.3 Å². The van der Waals surface area contributed by atoms with E-state index in [4.69, 9.17) is 4.74 Å². The number of nitrogens with one attached hydrogen (secondary N) is 1. The van der Waals surface area contributed by atoms with Crippen LogP contribution < -0.4 is 10.9 Å². The number of aromatic nitrogens is 3. The van der Waals surface area contributed by atoms with Crippen LogP contribution in [0.2, 0.25) is 0 Å². The smallest absolute Gasteiger partial charge is 0.277 e. The number of nitrogens with zero attached hydrogens (tertiary/aromatic N) is 4. The largest absolute Gasteiger partial charge is 0.374 e. The molecule has 0 spiro atoms. The lowest BCUT2D eigenvalue weighted by molar-refractivity contribution is -0.122. The number of hydrogen-bond acceptors (Lipinski definition) is 6. The van der Waals surface area contributed by atoms with E-state index in [9.17, 15) is 9.59 Å². The molecule has 3 aromatic rings. The van der Waals surface area contributed by atoms with Crippen molar-refractivity contribution >= 4 is 16.8 Å². The van der Waals surface area contributed by atoms with Crippen molar-refractivity contribution in [3.05, 3.63) is 70.5 Å². The van der Waals surface area contributed by atoms with Crippen molar-refractivity contribution in [3.63, 3.8) is 0 Å². The Bertz CT molecular complexity index is 1050. The van der Waals surface area contributed by atoms with Gasteiger partial charge in [0.25, 0.3) is 5.56 Å². The molecule has 4 rings (SSSR count). The summed E-state index contributed by atoms with van der Waals surface area (Å²) in [5, 5.41) is 11.4. The average molecular weight is 407 g/mol. The SMILES string of the molecule is O=C(CCn1nnc2ccccc2c1=O)NCC1CN(Cc2ccccc2)CCO1. The van der Waals surface area contributed by atoms with E-state index in [2.05, 4.69) is 32.7 Å². The van der Waals surface area contributed by atoms with Gasteiger partial charge in [0.1, 0.15) is 5.52 Å². The third-order valence-corrected chi connectivity index (χ3v) is 5.18. The predicted molar refractivity (Wildman–Crippen MR) is 113 cm³/mol. The van der Waals surface area contributed by atoms with Crippen molar-refractivity contribution in [3.8, 4) is 0 Å². The van der Waals surface area contributed by atoms with E-state index in [0.29, 0.717) is 24.1 Å². The fourth-order valence-electron chi connectivity index (χ4n) is 3.58. The molecule has 30 heavy (non-hydrogen) atoms. The van der Waals surface area contributed by atoms with E-state index in [1.54, 1.807) is 18.2 Å². The van der Waals surface area contributed by atoms with Crippen molar-refractivity contribution in [2.45, 2.75) is 25.6 Å². The second kappa shape index (κ2) is 9.60. The number of carbonyl (C=O) groups is 1. The Hall–Kier alpha value is -3.10. The van der Waals surface area contributed by atoms with Gasteiger partial charge in [0.15, 0.2) is 0 Å². The molecule has 1 aliphatic rings. The second-order valence-corrected chi connectivity index (χ2v) is 7.40. The van der Waals surface area contributed by atoms with Crippen LogP contribution in [0.1, 0.15) is 12.0 Å². The van der Waals surface area contributed by atoms with Gasteiger partial charge in [-0.25, -0.2) is 4.68 Å². The molecule has 1 aliphatic heterocycles. The summed E-state index contributed by atoms with van der Waals surface area (Å²) in [4.78, 5) is 27.0. The second-order valence-electron chi connectivity index (χ2n) is 7.40. The van der Waals surface area contributed by atoms with Crippen molar-refractivity contribution in [2.75, 3.05) is 26.2 Å². The zero-order valence-corrected chi connectivity index (χ0v) is 16.7. The molecule has 0 radical (unpaired) electrons. The van der Waals surface area contributed by atoms with Gasteiger partial charge in [0, 0.05) is 32.6 Å². The standard InChI is InChI=1S/C22H25N5O3/c28-21(10-11-27-22(29)19-8-4-5-9-20(19)24-25-27)23-14-18-16-26(12-13-30-18)15-17-6-2-1-3-7-17/h1-9,18H,10-16H2,(H,23,28). The van der Waals surface area contributed by atoms with Crippen LogP contribution in [0.4, 0.5) is 0 Å². The molecule has 156 valence electrons. The number of carbonyl (C=O) groups excluding carboxylic acids is 1. The first-order chi connectivity index (χ1) is 14.7. The third-order valence-electron chi connectivity index (χ3n) is 5.18. The Morgan fingerprint density at radius 2 is 1.93 bits per heavy atom. The van der Waals surface area contributed by atoms with Crippen LogP contribution in [-0.2, 0) is 22.6 Å². The number of benzene rings is 2. The van der Waals surface area contributed by atoms with Gasteiger partial charge in [-0.1, -0.05) is 47.7 Å². The molecule has 2 aromatic carbocycles. The first-order valence-corrected chi connectivity index (χ1v) is 10.2. The van der Waals surface area contributed by atoms with Gasteiger partial charge in [-0.15, -0.1) is 5.10 Å². The molecule has 0 bridgehead atoms. The Morgan fingerprint density at radius 3 is 2.80 bits per heavy atom. The summed E-state index contributed by atoms with van der Waals surface area (Å²) in [6.07, 6.45) is 0.113. The van der Waals surface area contributed by atoms with Crippen molar-refractivity contribution in [2.24, 2.45) is 0 Å². The average Bonchev–Trinajstić information content (AvgIpc) is 2.78. The Labute approximate surface area is 174 Å². The van der Waals surface area contributed by atoms with Gasteiger partial charge < -0.3 is 10.1 Å². The zero-order valence-electron chi connectivity index (χ0n) is 16.7. The Kier molecular flexibility index (Phi) is 6.46. The summed E-state index contributed by atoms with van der Waals surface area (Å²) in [6, 6.07) is 17.4. The summed E-state index contributed by atoms with van der Waals surface area (Å²) < 4.78 is 7.03. The van der Waals surface area contributed by atoms with Crippen LogP contribution >= 0.6 is 0 Å². The van der Waals surface area contributed by atoms with Gasteiger partial charge in [0.2, 0.25) is 5.91 Å². The lowest BCUT2D eigenvalue weighted by atomic mass is 10.2. The minimum absolute atomic E-state index is 0.0467. The minimum atomic E-state index is -0.236. The molecule has 1 atom stereocenters. The number of hydrogen-bond donors (Lipinski definition) is 1. The first kappa shape index (κ1) is 20.2. The quantitative estimate of drug-likeness (QED) is 0.633. The van der Waals surface area contributed by atoms with Crippen LogP contribution in [0.15, 0.2) is 59.4 Å². The molecular formula is C22H25N5O3. The lowest BCUT2D eigenvalue weighted by Gasteiger charge is -2.33. The van der Waals surface area contributed by atoms with Gasteiger partial charge in [-0.05, 0) is 17.7 Å². The monoisotopic (exact) mass is 407 g/mol. The highest BCUT2D eigenvalue weighted by Gasteiger charge is 2.21. The van der Waals surface area contributed by atoms with Crippen LogP contribution in [0.3, 0.4) is 0 Å². The van der Waals surface area contributed by atoms with E-state index in [0.717, 1.165) is 19.6 Å². The normalized spacial score (nSPS) is 17.1. The highest BCUT2D eigenvalue weighted by Crippen LogP contribution is 2.10. The molecule has 1 aromatic heterocycles. The van der Waals surface area contributed by atoms with Gasteiger partial charge in [-0.2, -0.15) is 0 Å². The van der Waals surface area contributed by atoms with E-state index in [-0.39, 0.29) is 30.5 Å². The number of rotatable bonds is 7. The third kappa shape index (κ3) is 5.08. The highest BCUT2D eigenvalue weighted by atomic mass is 16.5.